The molecule has 2 aromatic carbocycles. The lowest BCUT2D eigenvalue weighted by Crippen LogP contribution is -2.24. The predicted molar refractivity (Wildman–Crippen MR) is 136 cm³/mol. The van der Waals surface area contributed by atoms with Crippen LogP contribution in [0, 0.1) is 0 Å². The van der Waals surface area contributed by atoms with E-state index in [-0.39, 0.29) is 12.8 Å². The van der Waals surface area contributed by atoms with Gasteiger partial charge in [-0.3, -0.25) is 0 Å². The number of hydrogen-bond donors (Lipinski definition) is 2. The number of nitrogens with zero attached hydrogens (tertiary/aromatic N) is 2. The van der Waals surface area contributed by atoms with E-state index >= 15 is 0 Å². The molecule has 0 aromatic heterocycles. The zero-order valence-electron chi connectivity index (χ0n) is 20.6. The lowest BCUT2D eigenvalue weighted by atomic mass is 9.92. The van der Waals surface area contributed by atoms with Crippen LogP contribution in [-0.2, 0) is 19.1 Å². The second-order valence-electron chi connectivity index (χ2n) is 8.38. The van der Waals surface area contributed by atoms with Gasteiger partial charge in [0.15, 0.2) is 0 Å². The minimum Gasteiger partial charge on any atom is -0.466 e. The molecule has 1 aliphatic rings. The Morgan fingerprint density at radius 2 is 0.971 bits per heavy atom. The number of benzene rings is 2. The van der Waals surface area contributed by atoms with Crippen molar-refractivity contribution in [3.8, 4) is 0 Å². The highest BCUT2D eigenvalue weighted by Crippen LogP contribution is 2.33. The van der Waals surface area contributed by atoms with Gasteiger partial charge < -0.3 is 29.9 Å². The van der Waals surface area contributed by atoms with Crippen molar-refractivity contribution in [2.24, 2.45) is 0 Å². The van der Waals surface area contributed by atoms with Crippen LogP contribution in [0.15, 0.2) is 71.1 Å². The van der Waals surface area contributed by atoms with Crippen molar-refractivity contribution < 1.29 is 19.1 Å². The van der Waals surface area contributed by atoms with Crippen LogP contribution in [0.1, 0.15) is 12.8 Å². The molecule has 180 valence electrons. The van der Waals surface area contributed by atoms with E-state index < -0.39 is 11.9 Å². The molecule has 0 radical (unpaired) electrons. The topological polar surface area (TPSA) is 83.1 Å². The Morgan fingerprint density at radius 1 is 0.647 bits per heavy atom. The van der Waals surface area contributed by atoms with Gasteiger partial charge in [-0.05, 0) is 48.5 Å². The van der Waals surface area contributed by atoms with Gasteiger partial charge in [0, 0.05) is 75.2 Å². The third-order valence-corrected chi connectivity index (χ3v) is 5.66. The van der Waals surface area contributed by atoms with Crippen molar-refractivity contribution in [1.29, 1.82) is 0 Å². The van der Waals surface area contributed by atoms with E-state index in [0.717, 1.165) is 22.7 Å². The Hall–Kier alpha value is -3.94. The third-order valence-electron chi connectivity index (χ3n) is 5.66. The first-order chi connectivity index (χ1) is 16.2. The van der Waals surface area contributed by atoms with Gasteiger partial charge in [-0.1, -0.05) is 0 Å². The molecule has 8 heteroatoms. The summed E-state index contributed by atoms with van der Waals surface area (Å²) in [4.78, 5) is 29.4. The van der Waals surface area contributed by atoms with E-state index in [1.54, 1.807) is 0 Å². The zero-order valence-corrected chi connectivity index (χ0v) is 20.6. The number of methoxy groups -OCH3 is 2. The van der Waals surface area contributed by atoms with E-state index in [9.17, 15) is 9.59 Å². The molecule has 34 heavy (non-hydrogen) atoms. The smallest absolute Gasteiger partial charge is 0.335 e. The molecule has 0 saturated heterocycles. The summed E-state index contributed by atoms with van der Waals surface area (Å²) < 4.78 is 10.1. The second-order valence-corrected chi connectivity index (χ2v) is 8.38. The zero-order chi connectivity index (χ0) is 24.8. The molecule has 0 spiro atoms. The molecule has 2 aromatic rings. The SMILES string of the molecule is COC(=O)C1=C(Nc2ccc(N(C)C)cc2)CC(C(=O)OC)=C(Nc2ccc(N(C)C)cc2)C1. The minimum atomic E-state index is -0.446. The Labute approximate surface area is 200 Å². The molecule has 0 aliphatic heterocycles. The standard InChI is InChI=1S/C26H32N4O4/c1-29(2)19-11-7-17(8-12-19)27-23-15-22(26(32)34-6)24(16-21(23)25(31)33-5)28-18-9-13-20(14-10-18)30(3)4/h7-14,27-28H,15-16H2,1-6H3. The normalized spacial score (nSPS) is 13.4. The molecule has 0 amide bonds. The van der Waals surface area contributed by atoms with Crippen molar-refractivity contribution >= 4 is 34.7 Å². The molecule has 0 saturated carbocycles. The fourth-order valence-corrected chi connectivity index (χ4v) is 3.69. The molecule has 1 aliphatic carbocycles. The molecule has 0 unspecified atom stereocenters. The van der Waals surface area contributed by atoms with E-state index in [1.807, 2.05) is 86.5 Å². The summed E-state index contributed by atoms with van der Waals surface area (Å²) in [5.74, 6) is -0.892. The number of carbonyl (C=O) groups excluding carboxylic acids is 2. The number of esters is 2. The second kappa shape index (κ2) is 10.8. The summed E-state index contributed by atoms with van der Waals surface area (Å²) in [6.07, 6.45) is 0.398. The average molecular weight is 465 g/mol. The van der Waals surface area contributed by atoms with Crippen molar-refractivity contribution in [1.82, 2.24) is 0 Å². The van der Waals surface area contributed by atoms with Crippen LogP contribution >= 0.6 is 0 Å². The molecular weight excluding hydrogens is 432 g/mol. The van der Waals surface area contributed by atoms with Crippen LogP contribution in [0.25, 0.3) is 0 Å². The number of allylic oxidation sites excluding steroid dienone is 2. The third kappa shape index (κ3) is 5.70. The van der Waals surface area contributed by atoms with Gasteiger partial charge in [0.25, 0.3) is 0 Å². The van der Waals surface area contributed by atoms with Crippen LogP contribution in [0.4, 0.5) is 22.7 Å². The Morgan fingerprint density at radius 3 is 1.24 bits per heavy atom. The van der Waals surface area contributed by atoms with Crippen molar-refractivity contribution in [2.75, 3.05) is 62.8 Å². The summed E-state index contributed by atoms with van der Waals surface area (Å²) in [5.41, 5.74) is 5.86. The first-order valence-corrected chi connectivity index (χ1v) is 10.9. The maximum atomic E-state index is 12.7. The number of carbonyl (C=O) groups is 2. The molecule has 0 fully saturated rings. The van der Waals surface area contributed by atoms with Crippen LogP contribution in [0.2, 0.25) is 0 Å². The highest BCUT2D eigenvalue weighted by Gasteiger charge is 2.29. The van der Waals surface area contributed by atoms with Crippen molar-refractivity contribution in [3.63, 3.8) is 0 Å². The van der Waals surface area contributed by atoms with Gasteiger partial charge in [0.05, 0.1) is 25.4 Å². The molecule has 0 bridgehead atoms. The van der Waals surface area contributed by atoms with Gasteiger partial charge in [0.2, 0.25) is 0 Å². The molecule has 3 rings (SSSR count). The van der Waals surface area contributed by atoms with Crippen LogP contribution in [0.5, 0.6) is 0 Å². The molecular formula is C26H32N4O4. The van der Waals surface area contributed by atoms with Crippen LogP contribution in [0.3, 0.4) is 0 Å². The lowest BCUT2D eigenvalue weighted by molar-refractivity contribution is -0.137. The monoisotopic (exact) mass is 464 g/mol. The fraction of sp³-hybridized carbons (Fsp3) is 0.308. The van der Waals surface area contributed by atoms with Crippen molar-refractivity contribution in [2.45, 2.75) is 12.8 Å². The number of anilines is 4. The summed E-state index contributed by atoms with van der Waals surface area (Å²) in [6.45, 7) is 0. The van der Waals surface area contributed by atoms with Gasteiger partial charge in [-0.2, -0.15) is 0 Å². The lowest BCUT2D eigenvalue weighted by Gasteiger charge is -2.26. The molecule has 0 heterocycles. The van der Waals surface area contributed by atoms with Crippen molar-refractivity contribution in [3.05, 3.63) is 71.1 Å². The number of rotatable bonds is 8. The first kappa shape index (κ1) is 24.7. The molecule has 0 atom stereocenters. The van der Waals surface area contributed by atoms with Crippen LogP contribution < -0.4 is 20.4 Å². The highest BCUT2D eigenvalue weighted by atomic mass is 16.5. The Bertz CT molecular complexity index is 1010. The van der Waals surface area contributed by atoms with Crippen LogP contribution in [-0.4, -0.2) is 54.3 Å². The number of ether oxygens (including phenoxy) is 2. The Kier molecular flexibility index (Phi) is 7.83. The largest absolute Gasteiger partial charge is 0.466 e. The van der Waals surface area contributed by atoms with E-state index in [0.29, 0.717) is 22.5 Å². The van der Waals surface area contributed by atoms with Gasteiger partial charge in [-0.15, -0.1) is 0 Å². The minimum absolute atomic E-state index is 0.199. The highest BCUT2D eigenvalue weighted by molar-refractivity contribution is 5.96. The Balaban J connectivity index is 1.93. The van der Waals surface area contributed by atoms with Gasteiger partial charge in [0.1, 0.15) is 0 Å². The summed E-state index contributed by atoms with van der Waals surface area (Å²) in [5, 5.41) is 6.62. The van der Waals surface area contributed by atoms with E-state index in [2.05, 4.69) is 10.6 Å². The first-order valence-electron chi connectivity index (χ1n) is 10.9. The van der Waals surface area contributed by atoms with E-state index in [4.69, 9.17) is 9.47 Å². The maximum Gasteiger partial charge on any atom is 0.335 e. The maximum absolute atomic E-state index is 12.7. The van der Waals surface area contributed by atoms with E-state index in [1.165, 1.54) is 14.2 Å². The quantitative estimate of drug-likeness (QED) is 0.568. The fourth-order valence-electron chi connectivity index (χ4n) is 3.69. The number of nitrogens with one attached hydrogen (secondary N) is 2. The molecule has 8 nitrogen and oxygen atoms in total. The predicted octanol–water partition coefficient (Wildman–Crippen LogP) is 3.99. The number of hydrogen-bond acceptors (Lipinski definition) is 8. The molecule has 2 N–H and O–H groups in total. The van der Waals surface area contributed by atoms with Gasteiger partial charge >= 0.3 is 11.9 Å². The average Bonchev–Trinajstić information content (AvgIpc) is 2.84. The summed E-state index contributed by atoms with van der Waals surface area (Å²) in [6, 6.07) is 15.6. The summed E-state index contributed by atoms with van der Waals surface area (Å²) in [7, 11) is 10.6. The van der Waals surface area contributed by atoms with Gasteiger partial charge in [-0.25, -0.2) is 9.59 Å². The summed E-state index contributed by atoms with van der Waals surface area (Å²) >= 11 is 0.